The minimum Gasteiger partial charge on any atom is -0.353 e. The molecule has 2 saturated heterocycles. The standard InChI is InChI=1S/C12H16BrN3/c1-15-10-3-4-11(15)8-16(7-10)12-5-2-9(13)6-14-12/h2,5-6,10-11H,3-4,7-8H2,1H3. The summed E-state index contributed by atoms with van der Waals surface area (Å²) in [6, 6.07) is 5.63. The van der Waals surface area contributed by atoms with Gasteiger partial charge in [0.15, 0.2) is 0 Å². The van der Waals surface area contributed by atoms with Gasteiger partial charge >= 0.3 is 0 Å². The lowest BCUT2D eigenvalue weighted by molar-refractivity contribution is 0.212. The van der Waals surface area contributed by atoms with Gasteiger partial charge in [0.05, 0.1) is 0 Å². The summed E-state index contributed by atoms with van der Waals surface area (Å²) in [4.78, 5) is 9.45. The van der Waals surface area contributed by atoms with Gasteiger partial charge in [-0.3, -0.25) is 4.90 Å². The quantitative estimate of drug-likeness (QED) is 0.786. The van der Waals surface area contributed by atoms with Crippen molar-refractivity contribution >= 4 is 21.7 Å². The Bertz CT molecular complexity index is 364. The van der Waals surface area contributed by atoms with E-state index in [1.54, 1.807) is 0 Å². The Morgan fingerprint density at radius 2 is 1.94 bits per heavy atom. The predicted molar refractivity (Wildman–Crippen MR) is 68.7 cm³/mol. The van der Waals surface area contributed by atoms with Crippen molar-refractivity contribution in [2.24, 2.45) is 0 Å². The summed E-state index contributed by atoms with van der Waals surface area (Å²) in [6.45, 7) is 2.25. The van der Waals surface area contributed by atoms with Gasteiger partial charge in [0, 0.05) is 35.8 Å². The molecular formula is C12H16BrN3. The maximum Gasteiger partial charge on any atom is 0.128 e. The van der Waals surface area contributed by atoms with Gasteiger partial charge in [-0.15, -0.1) is 0 Å². The molecule has 1 aromatic heterocycles. The highest BCUT2D eigenvalue weighted by Gasteiger charge is 2.37. The molecule has 2 aliphatic heterocycles. The van der Waals surface area contributed by atoms with Crippen molar-refractivity contribution in [3.8, 4) is 0 Å². The number of nitrogens with zero attached hydrogens (tertiary/aromatic N) is 3. The van der Waals surface area contributed by atoms with Crippen LogP contribution < -0.4 is 4.90 Å². The molecular weight excluding hydrogens is 266 g/mol. The second-order valence-electron chi connectivity index (χ2n) is 4.79. The van der Waals surface area contributed by atoms with Crippen molar-refractivity contribution < 1.29 is 0 Å². The number of hydrogen-bond donors (Lipinski definition) is 0. The van der Waals surface area contributed by atoms with Crippen LogP contribution in [-0.2, 0) is 0 Å². The van der Waals surface area contributed by atoms with E-state index in [-0.39, 0.29) is 0 Å². The van der Waals surface area contributed by atoms with Gasteiger partial charge in [-0.1, -0.05) is 0 Å². The molecule has 0 amide bonds. The number of anilines is 1. The van der Waals surface area contributed by atoms with Gasteiger partial charge in [-0.25, -0.2) is 4.98 Å². The summed E-state index contributed by atoms with van der Waals surface area (Å²) in [5.74, 6) is 1.12. The average Bonchev–Trinajstić information content (AvgIpc) is 2.54. The molecule has 0 aromatic carbocycles. The second kappa shape index (κ2) is 4.00. The fraction of sp³-hybridized carbons (Fsp3) is 0.583. The van der Waals surface area contributed by atoms with E-state index in [0.717, 1.165) is 35.5 Å². The van der Waals surface area contributed by atoms with E-state index in [0.29, 0.717) is 0 Å². The smallest absolute Gasteiger partial charge is 0.128 e. The molecule has 0 N–H and O–H groups in total. The van der Waals surface area contributed by atoms with Crippen LogP contribution in [-0.4, -0.2) is 42.1 Å². The zero-order valence-corrected chi connectivity index (χ0v) is 11.0. The Balaban J connectivity index is 1.80. The van der Waals surface area contributed by atoms with E-state index in [4.69, 9.17) is 0 Å². The highest BCUT2D eigenvalue weighted by molar-refractivity contribution is 9.10. The topological polar surface area (TPSA) is 19.4 Å². The SMILES string of the molecule is CN1C2CCC1CN(c1ccc(Br)cn1)C2. The Morgan fingerprint density at radius 1 is 1.25 bits per heavy atom. The lowest BCUT2D eigenvalue weighted by Crippen LogP contribution is -2.52. The minimum atomic E-state index is 0.726. The van der Waals surface area contributed by atoms with Gasteiger partial charge in [-0.2, -0.15) is 0 Å². The van der Waals surface area contributed by atoms with Crippen molar-refractivity contribution in [3.05, 3.63) is 22.8 Å². The molecule has 86 valence electrons. The van der Waals surface area contributed by atoms with E-state index in [2.05, 4.69) is 49.9 Å². The number of likely N-dealkylation sites (N-methyl/N-ethyl adjacent to an activating group) is 1. The maximum absolute atomic E-state index is 4.48. The van der Waals surface area contributed by atoms with Crippen LogP contribution in [0.15, 0.2) is 22.8 Å². The number of piperazine rings is 1. The van der Waals surface area contributed by atoms with Gasteiger partial charge in [0.2, 0.25) is 0 Å². The highest BCUT2D eigenvalue weighted by atomic mass is 79.9. The Labute approximate surface area is 105 Å². The van der Waals surface area contributed by atoms with E-state index < -0.39 is 0 Å². The lowest BCUT2D eigenvalue weighted by Gasteiger charge is -2.39. The third kappa shape index (κ3) is 1.74. The van der Waals surface area contributed by atoms with Gasteiger partial charge in [-0.05, 0) is 48.0 Å². The molecule has 1 aromatic rings. The number of hydrogen-bond acceptors (Lipinski definition) is 3. The molecule has 2 fully saturated rings. The minimum absolute atomic E-state index is 0.726. The molecule has 16 heavy (non-hydrogen) atoms. The van der Waals surface area contributed by atoms with E-state index in [9.17, 15) is 0 Å². The first-order valence-electron chi connectivity index (χ1n) is 5.82. The van der Waals surface area contributed by atoms with Gasteiger partial charge < -0.3 is 4.90 Å². The van der Waals surface area contributed by atoms with Crippen molar-refractivity contribution in [3.63, 3.8) is 0 Å². The van der Waals surface area contributed by atoms with Crippen LogP contribution >= 0.6 is 15.9 Å². The molecule has 3 nitrogen and oxygen atoms in total. The molecule has 2 bridgehead atoms. The molecule has 2 aliphatic rings. The molecule has 3 rings (SSSR count). The van der Waals surface area contributed by atoms with Crippen LogP contribution in [0.25, 0.3) is 0 Å². The summed E-state index contributed by atoms with van der Waals surface area (Å²) in [5, 5.41) is 0. The van der Waals surface area contributed by atoms with Crippen LogP contribution in [0.2, 0.25) is 0 Å². The number of pyridine rings is 1. The predicted octanol–water partition coefficient (Wildman–Crippen LogP) is 2.13. The van der Waals surface area contributed by atoms with Crippen molar-refractivity contribution in [2.45, 2.75) is 24.9 Å². The summed E-state index contributed by atoms with van der Waals surface area (Å²) in [5.41, 5.74) is 0. The maximum atomic E-state index is 4.48. The monoisotopic (exact) mass is 281 g/mol. The van der Waals surface area contributed by atoms with E-state index in [1.165, 1.54) is 12.8 Å². The number of fused-ring (bicyclic) bond motifs is 2. The Hall–Kier alpha value is -0.610. The molecule has 3 heterocycles. The third-order valence-electron chi connectivity index (χ3n) is 3.88. The van der Waals surface area contributed by atoms with Gasteiger partial charge in [0.25, 0.3) is 0 Å². The molecule has 2 atom stereocenters. The zero-order chi connectivity index (χ0) is 11.1. The largest absolute Gasteiger partial charge is 0.353 e. The van der Waals surface area contributed by atoms with Crippen LogP contribution in [0.4, 0.5) is 5.82 Å². The Morgan fingerprint density at radius 3 is 2.50 bits per heavy atom. The fourth-order valence-corrected chi connectivity index (χ4v) is 3.09. The first-order chi connectivity index (χ1) is 7.74. The van der Waals surface area contributed by atoms with Crippen molar-refractivity contribution in [2.75, 3.05) is 25.0 Å². The summed E-state index contributed by atoms with van der Waals surface area (Å²) >= 11 is 3.43. The summed E-state index contributed by atoms with van der Waals surface area (Å²) in [6.07, 6.45) is 4.57. The first-order valence-corrected chi connectivity index (χ1v) is 6.62. The molecule has 2 unspecified atom stereocenters. The molecule has 4 heteroatoms. The normalized spacial score (nSPS) is 29.8. The lowest BCUT2D eigenvalue weighted by atomic mass is 10.2. The summed E-state index contributed by atoms with van der Waals surface area (Å²) < 4.78 is 1.05. The second-order valence-corrected chi connectivity index (χ2v) is 5.71. The number of aromatic nitrogens is 1. The molecule has 0 aliphatic carbocycles. The van der Waals surface area contributed by atoms with Crippen molar-refractivity contribution in [1.82, 2.24) is 9.88 Å². The van der Waals surface area contributed by atoms with Crippen LogP contribution in [0.3, 0.4) is 0 Å². The van der Waals surface area contributed by atoms with Crippen LogP contribution in [0, 0.1) is 0 Å². The number of rotatable bonds is 1. The average molecular weight is 282 g/mol. The molecule has 0 spiro atoms. The molecule has 0 radical (unpaired) electrons. The number of halogens is 1. The fourth-order valence-electron chi connectivity index (χ4n) is 2.86. The first kappa shape index (κ1) is 10.5. The van der Waals surface area contributed by atoms with Crippen LogP contribution in [0.1, 0.15) is 12.8 Å². The summed E-state index contributed by atoms with van der Waals surface area (Å²) in [7, 11) is 2.26. The zero-order valence-electron chi connectivity index (χ0n) is 9.43. The van der Waals surface area contributed by atoms with Crippen LogP contribution in [0.5, 0.6) is 0 Å². The third-order valence-corrected chi connectivity index (χ3v) is 4.35. The van der Waals surface area contributed by atoms with Gasteiger partial charge in [0.1, 0.15) is 5.82 Å². The Kier molecular flexibility index (Phi) is 2.64. The van der Waals surface area contributed by atoms with Crippen molar-refractivity contribution in [1.29, 1.82) is 0 Å². The van der Waals surface area contributed by atoms with E-state index in [1.807, 2.05) is 6.20 Å². The van der Waals surface area contributed by atoms with E-state index >= 15 is 0 Å². The molecule has 0 saturated carbocycles. The highest BCUT2D eigenvalue weighted by Crippen LogP contribution is 2.30.